The van der Waals surface area contributed by atoms with Gasteiger partial charge in [0, 0.05) is 11.1 Å². The molecule has 0 saturated carbocycles. The lowest BCUT2D eigenvalue weighted by Gasteiger charge is -2.13. The highest BCUT2D eigenvalue weighted by Gasteiger charge is 2.08. The predicted molar refractivity (Wildman–Crippen MR) is 73.2 cm³/mol. The topological polar surface area (TPSA) is 26.0 Å². The lowest BCUT2D eigenvalue weighted by molar-refractivity contribution is 0.615. The van der Waals surface area contributed by atoms with Gasteiger partial charge < -0.3 is 5.73 Å². The third-order valence-electron chi connectivity index (χ3n) is 2.98. The Balaban J connectivity index is 2.13. The maximum atomic E-state index is 13.2. The van der Waals surface area contributed by atoms with Crippen LogP contribution in [0.1, 0.15) is 22.7 Å². The summed E-state index contributed by atoms with van der Waals surface area (Å²) in [5.41, 5.74) is 8.82. The van der Waals surface area contributed by atoms with Crippen molar-refractivity contribution in [3.63, 3.8) is 0 Å². The van der Waals surface area contributed by atoms with Gasteiger partial charge in [0.25, 0.3) is 0 Å². The molecule has 2 N–H and O–H groups in total. The fourth-order valence-electron chi connectivity index (χ4n) is 1.89. The van der Waals surface area contributed by atoms with Crippen molar-refractivity contribution in [1.82, 2.24) is 0 Å². The fraction of sp³-hybridized carbons (Fsp3) is 0.200. The molecule has 0 amide bonds. The minimum absolute atomic E-state index is 0.134. The molecule has 2 aromatic carbocycles. The van der Waals surface area contributed by atoms with Crippen LogP contribution in [0.3, 0.4) is 0 Å². The summed E-state index contributed by atoms with van der Waals surface area (Å²) in [5, 5.41) is 0.713. The van der Waals surface area contributed by atoms with Crippen molar-refractivity contribution in [3.05, 3.63) is 70.0 Å². The van der Waals surface area contributed by atoms with E-state index in [1.54, 1.807) is 19.1 Å². The van der Waals surface area contributed by atoms with Crippen molar-refractivity contribution in [2.75, 3.05) is 0 Å². The molecule has 0 saturated heterocycles. The molecule has 0 aromatic heterocycles. The van der Waals surface area contributed by atoms with Crippen molar-refractivity contribution in [2.45, 2.75) is 19.4 Å². The Morgan fingerprint density at radius 2 is 1.83 bits per heavy atom. The van der Waals surface area contributed by atoms with Gasteiger partial charge in [0.2, 0.25) is 0 Å². The summed E-state index contributed by atoms with van der Waals surface area (Å²) in [6, 6.07) is 12.5. The van der Waals surface area contributed by atoms with E-state index in [4.69, 9.17) is 17.3 Å². The highest BCUT2D eigenvalue weighted by atomic mass is 35.5. The normalized spacial score (nSPS) is 12.4. The molecule has 0 heterocycles. The highest BCUT2D eigenvalue weighted by Crippen LogP contribution is 2.19. The highest BCUT2D eigenvalue weighted by molar-refractivity contribution is 6.30. The molecule has 0 fully saturated rings. The third-order valence-corrected chi connectivity index (χ3v) is 3.23. The van der Waals surface area contributed by atoms with Gasteiger partial charge in [-0.25, -0.2) is 4.39 Å². The lowest BCUT2D eigenvalue weighted by atomic mass is 9.98. The molecule has 0 bridgehead atoms. The van der Waals surface area contributed by atoms with Crippen LogP contribution in [0.2, 0.25) is 5.02 Å². The van der Waals surface area contributed by atoms with Gasteiger partial charge in [-0.15, -0.1) is 0 Å². The van der Waals surface area contributed by atoms with Crippen LogP contribution in [0.15, 0.2) is 42.5 Å². The monoisotopic (exact) mass is 263 g/mol. The average molecular weight is 264 g/mol. The number of halogens is 2. The van der Waals surface area contributed by atoms with Crippen LogP contribution in [-0.4, -0.2) is 0 Å². The molecule has 1 unspecified atom stereocenters. The van der Waals surface area contributed by atoms with Crippen LogP contribution in [0.5, 0.6) is 0 Å². The van der Waals surface area contributed by atoms with Crippen molar-refractivity contribution >= 4 is 11.6 Å². The third kappa shape index (κ3) is 3.09. The summed E-state index contributed by atoms with van der Waals surface area (Å²) >= 11 is 5.83. The maximum Gasteiger partial charge on any atom is 0.126 e. The van der Waals surface area contributed by atoms with Crippen molar-refractivity contribution in [1.29, 1.82) is 0 Å². The summed E-state index contributed by atoms with van der Waals surface area (Å²) in [6.07, 6.45) is 0.711. The van der Waals surface area contributed by atoms with E-state index < -0.39 is 0 Å². The van der Waals surface area contributed by atoms with Crippen LogP contribution >= 0.6 is 11.6 Å². The van der Waals surface area contributed by atoms with Gasteiger partial charge in [0.15, 0.2) is 0 Å². The second kappa shape index (κ2) is 5.51. The van der Waals surface area contributed by atoms with Gasteiger partial charge in [0.1, 0.15) is 5.82 Å². The Hall–Kier alpha value is -1.38. The molecule has 0 aliphatic heterocycles. The van der Waals surface area contributed by atoms with E-state index in [0.29, 0.717) is 17.0 Å². The second-order valence-electron chi connectivity index (χ2n) is 4.45. The Morgan fingerprint density at radius 1 is 1.17 bits per heavy atom. The molecular weight excluding hydrogens is 249 g/mol. The smallest absolute Gasteiger partial charge is 0.126 e. The largest absolute Gasteiger partial charge is 0.324 e. The Labute approximate surface area is 111 Å². The number of benzene rings is 2. The first-order valence-corrected chi connectivity index (χ1v) is 6.20. The summed E-state index contributed by atoms with van der Waals surface area (Å²) in [5.74, 6) is -0.197. The summed E-state index contributed by atoms with van der Waals surface area (Å²) in [6.45, 7) is 1.74. The van der Waals surface area contributed by atoms with Crippen LogP contribution < -0.4 is 5.73 Å². The first kappa shape index (κ1) is 13.1. The fourth-order valence-corrected chi connectivity index (χ4v) is 2.02. The van der Waals surface area contributed by atoms with E-state index in [1.807, 2.05) is 24.3 Å². The molecule has 0 radical (unpaired) electrons. The zero-order valence-corrected chi connectivity index (χ0v) is 10.9. The van der Waals surface area contributed by atoms with Gasteiger partial charge in [-0.05, 0) is 48.2 Å². The predicted octanol–water partition coefficient (Wildman–Crippen LogP) is 4.03. The molecule has 0 spiro atoms. The maximum absolute atomic E-state index is 13.2. The molecular formula is C15H15ClFN. The zero-order valence-electron chi connectivity index (χ0n) is 10.2. The molecule has 2 rings (SSSR count). The molecule has 1 atom stereocenters. The second-order valence-corrected chi connectivity index (χ2v) is 4.88. The van der Waals surface area contributed by atoms with Gasteiger partial charge in [-0.1, -0.05) is 35.9 Å². The molecule has 94 valence electrons. The number of rotatable bonds is 3. The van der Waals surface area contributed by atoms with Crippen molar-refractivity contribution in [3.8, 4) is 0 Å². The standard InChI is InChI=1S/C15H15ClFN/c1-10-8-12(4-7-14(10)17)15(18)9-11-2-5-13(16)6-3-11/h2-8,15H,9,18H2,1H3. The van der Waals surface area contributed by atoms with E-state index in [2.05, 4.69) is 0 Å². The van der Waals surface area contributed by atoms with E-state index in [-0.39, 0.29) is 11.9 Å². The minimum Gasteiger partial charge on any atom is -0.324 e. The number of hydrogen-bond donors (Lipinski definition) is 1. The molecule has 2 aromatic rings. The van der Waals surface area contributed by atoms with Crippen molar-refractivity contribution in [2.24, 2.45) is 5.73 Å². The molecule has 1 nitrogen and oxygen atoms in total. The van der Waals surface area contributed by atoms with Crippen LogP contribution in [-0.2, 0) is 6.42 Å². The summed E-state index contributed by atoms with van der Waals surface area (Å²) in [7, 11) is 0. The quantitative estimate of drug-likeness (QED) is 0.889. The van der Waals surface area contributed by atoms with Gasteiger partial charge in [0.05, 0.1) is 0 Å². The molecule has 3 heteroatoms. The number of aryl methyl sites for hydroxylation is 1. The average Bonchev–Trinajstić information content (AvgIpc) is 2.35. The molecule has 18 heavy (non-hydrogen) atoms. The number of nitrogens with two attached hydrogens (primary N) is 1. The van der Waals surface area contributed by atoms with Crippen LogP contribution in [0.4, 0.5) is 4.39 Å². The van der Waals surface area contributed by atoms with Crippen LogP contribution in [0.25, 0.3) is 0 Å². The van der Waals surface area contributed by atoms with Crippen LogP contribution in [0, 0.1) is 12.7 Å². The summed E-state index contributed by atoms with van der Waals surface area (Å²) in [4.78, 5) is 0. The van der Waals surface area contributed by atoms with E-state index >= 15 is 0 Å². The first-order valence-electron chi connectivity index (χ1n) is 5.82. The van der Waals surface area contributed by atoms with Gasteiger partial charge >= 0.3 is 0 Å². The minimum atomic E-state index is -0.197. The molecule has 0 aliphatic carbocycles. The van der Waals surface area contributed by atoms with Gasteiger partial charge in [-0.3, -0.25) is 0 Å². The zero-order chi connectivity index (χ0) is 13.1. The Kier molecular flexibility index (Phi) is 4.00. The van der Waals surface area contributed by atoms with E-state index in [1.165, 1.54) is 6.07 Å². The number of hydrogen-bond acceptors (Lipinski definition) is 1. The van der Waals surface area contributed by atoms with E-state index in [9.17, 15) is 4.39 Å². The Morgan fingerprint density at radius 3 is 2.44 bits per heavy atom. The van der Waals surface area contributed by atoms with Crippen molar-refractivity contribution < 1.29 is 4.39 Å². The summed E-state index contributed by atoms with van der Waals surface area (Å²) < 4.78 is 13.2. The molecule has 0 aliphatic rings. The van der Waals surface area contributed by atoms with Gasteiger partial charge in [-0.2, -0.15) is 0 Å². The SMILES string of the molecule is Cc1cc(C(N)Cc2ccc(Cl)cc2)ccc1F. The Bertz CT molecular complexity index is 537. The van der Waals surface area contributed by atoms with E-state index in [0.717, 1.165) is 11.1 Å². The lowest BCUT2D eigenvalue weighted by Crippen LogP contribution is -2.13. The first-order chi connectivity index (χ1) is 8.56.